The lowest BCUT2D eigenvalue weighted by atomic mass is 10.0. The van der Waals surface area contributed by atoms with E-state index in [1.807, 2.05) is 6.07 Å². The minimum absolute atomic E-state index is 0.0338. The number of rotatable bonds is 8. The van der Waals surface area contributed by atoms with Crippen molar-refractivity contribution in [3.05, 3.63) is 83.9 Å². The average Bonchev–Trinajstić information content (AvgIpc) is 3.27. The molecule has 0 saturated carbocycles. The molecule has 0 fully saturated rings. The first-order valence-electron chi connectivity index (χ1n) is 9.02. The number of amidine groups is 1. The lowest BCUT2D eigenvalue weighted by Gasteiger charge is -2.17. The van der Waals surface area contributed by atoms with Crippen LogP contribution in [0, 0.1) is 0 Å². The van der Waals surface area contributed by atoms with Crippen LogP contribution in [0.2, 0.25) is 0 Å². The van der Waals surface area contributed by atoms with E-state index in [0.717, 1.165) is 5.56 Å². The van der Waals surface area contributed by atoms with Crippen molar-refractivity contribution in [2.45, 2.75) is 24.3 Å². The zero-order valence-corrected chi connectivity index (χ0v) is 17.0. The minimum atomic E-state index is -3.77. The van der Waals surface area contributed by atoms with Crippen LogP contribution in [0.25, 0.3) is 0 Å². The summed E-state index contributed by atoms with van der Waals surface area (Å²) < 4.78 is 28.3. The number of H-pyrrole nitrogens is 1. The molecule has 0 aliphatic heterocycles. The van der Waals surface area contributed by atoms with E-state index in [1.54, 1.807) is 48.8 Å². The number of sulfonamides is 1. The summed E-state index contributed by atoms with van der Waals surface area (Å²) in [5.74, 6) is -0.0739. The van der Waals surface area contributed by atoms with Crippen molar-refractivity contribution in [1.29, 1.82) is 0 Å². The molecule has 30 heavy (non-hydrogen) atoms. The minimum Gasteiger partial charge on any atom is -0.380 e. The summed E-state index contributed by atoms with van der Waals surface area (Å²) in [5.41, 5.74) is 7.18. The molecule has 9 nitrogen and oxygen atoms in total. The first-order valence-corrected chi connectivity index (χ1v) is 10.5. The number of hydrogen-bond donors (Lipinski definition) is 3. The van der Waals surface area contributed by atoms with Gasteiger partial charge in [-0.1, -0.05) is 41.6 Å². The number of benzene rings is 2. The molecule has 0 aliphatic rings. The predicted molar refractivity (Wildman–Crippen MR) is 111 cm³/mol. The zero-order chi connectivity index (χ0) is 21.6. The van der Waals surface area contributed by atoms with Gasteiger partial charge in [0.05, 0.1) is 10.9 Å². The van der Waals surface area contributed by atoms with Crippen LogP contribution in [0.3, 0.4) is 0 Å². The van der Waals surface area contributed by atoms with Gasteiger partial charge in [0, 0.05) is 24.9 Å². The van der Waals surface area contributed by atoms with Crippen LogP contribution < -0.4 is 10.5 Å². The summed E-state index contributed by atoms with van der Waals surface area (Å²) in [5, 5.41) is 3.58. The smallest absolute Gasteiger partial charge is 0.332 e. The maximum Gasteiger partial charge on any atom is 0.332 e. The van der Waals surface area contributed by atoms with Gasteiger partial charge in [0.1, 0.15) is 5.82 Å². The van der Waals surface area contributed by atoms with Gasteiger partial charge in [-0.3, -0.25) is 0 Å². The van der Waals surface area contributed by atoms with Crippen molar-refractivity contribution in [2.24, 2.45) is 10.9 Å². The summed E-state index contributed by atoms with van der Waals surface area (Å²) in [4.78, 5) is 22.8. The Balaban J connectivity index is 1.86. The molecule has 3 rings (SSSR count). The number of imidazole rings is 1. The number of aromatic amines is 1. The van der Waals surface area contributed by atoms with Crippen LogP contribution in [0.4, 0.5) is 0 Å². The normalized spacial score (nSPS) is 13.0. The van der Waals surface area contributed by atoms with Gasteiger partial charge in [-0.15, -0.1) is 0 Å². The Morgan fingerprint density at radius 1 is 1.23 bits per heavy atom. The third kappa shape index (κ3) is 5.52. The number of nitrogens with zero attached hydrogens (tertiary/aromatic N) is 2. The van der Waals surface area contributed by atoms with Crippen LogP contribution in [0.15, 0.2) is 77.0 Å². The number of oxime groups is 1. The van der Waals surface area contributed by atoms with E-state index in [4.69, 9.17) is 5.73 Å². The fraction of sp³-hybridized carbons (Fsp3) is 0.150. The molecule has 156 valence electrons. The van der Waals surface area contributed by atoms with E-state index in [1.165, 1.54) is 19.1 Å². The number of nitrogens with one attached hydrogen (secondary N) is 2. The van der Waals surface area contributed by atoms with Gasteiger partial charge in [-0.2, -0.15) is 0 Å². The summed E-state index contributed by atoms with van der Waals surface area (Å²) in [6.07, 6.45) is 3.48. The Labute approximate surface area is 174 Å². The largest absolute Gasteiger partial charge is 0.380 e. The Morgan fingerprint density at radius 3 is 2.67 bits per heavy atom. The predicted octanol–water partition coefficient (Wildman–Crippen LogP) is 1.86. The molecule has 0 amide bonds. The highest BCUT2D eigenvalue weighted by Crippen LogP contribution is 2.20. The highest BCUT2D eigenvalue weighted by atomic mass is 32.2. The molecule has 0 bridgehead atoms. The van der Waals surface area contributed by atoms with Crippen LogP contribution in [-0.2, 0) is 26.1 Å². The lowest BCUT2D eigenvalue weighted by Crippen LogP contribution is -2.31. The van der Waals surface area contributed by atoms with Crippen LogP contribution in [0.1, 0.15) is 29.9 Å². The highest BCUT2D eigenvalue weighted by molar-refractivity contribution is 7.89. The summed E-state index contributed by atoms with van der Waals surface area (Å²) in [6, 6.07) is 14.5. The monoisotopic (exact) mass is 427 g/mol. The lowest BCUT2D eigenvalue weighted by molar-refractivity contribution is -0.140. The number of carbonyl (C=O) groups excluding carboxylic acids is 1. The number of aromatic nitrogens is 2. The molecule has 0 spiro atoms. The fourth-order valence-corrected chi connectivity index (χ4v) is 4.00. The van der Waals surface area contributed by atoms with Crippen LogP contribution >= 0.6 is 0 Å². The molecule has 3 aromatic rings. The summed E-state index contributed by atoms with van der Waals surface area (Å²) >= 11 is 0. The first kappa shape index (κ1) is 21.2. The molecule has 4 N–H and O–H groups in total. The Kier molecular flexibility index (Phi) is 6.60. The molecular weight excluding hydrogens is 406 g/mol. The van der Waals surface area contributed by atoms with Gasteiger partial charge < -0.3 is 15.6 Å². The van der Waals surface area contributed by atoms with Gasteiger partial charge in [0.2, 0.25) is 10.0 Å². The van der Waals surface area contributed by atoms with Gasteiger partial charge in [0.15, 0.2) is 5.84 Å². The summed E-state index contributed by atoms with van der Waals surface area (Å²) in [6.45, 7) is 1.22. The molecule has 1 heterocycles. The molecule has 0 radical (unpaired) electrons. The number of hydrogen-bond acceptors (Lipinski definition) is 6. The second-order valence-corrected chi connectivity index (χ2v) is 8.14. The van der Waals surface area contributed by atoms with E-state index in [9.17, 15) is 13.2 Å². The highest BCUT2D eigenvalue weighted by Gasteiger charge is 2.23. The van der Waals surface area contributed by atoms with Gasteiger partial charge in [0.25, 0.3) is 0 Å². The Bertz CT molecular complexity index is 1130. The average molecular weight is 427 g/mol. The van der Waals surface area contributed by atoms with Gasteiger partial charge in [-0.05, 0) is 30.2 Å². The molecule has 1 atom stereocenters. The van der Waals surface area contributed by atoms with Crippen LogP contribution in [-0.4, -0.2) is 30.2 Å². The second-order valence-electron chi connectivity index (χ2n) is 6.43. The zero-order valence-electron chi connectivity index (χ0n) is 16.1. The van der Waals surface area contributed by atoms with E-state index in [2.05, 4.69) is 24.7 Å². The molecule has 0 aliphatic carbocycles. The third-order valence-electron chi connectivity index (χ3n) is 4.14. The summed E-state index contributed by atoms with van der Waals surface area (Å²) in [7, 11) is -3.77. The van der Waals surface area contributed by atoms with Crippen molar-refractivity contribution < 1.29 is 18.0 Å². The van der Waals surface area contributed by atoms with Crippen molar-refractivity contribution >= 4 is 21.8 Å². The van der Waals surface area contributed by atoms with Gasteiger partial charge >= 0.3 is 5.97 Å². The van der Waals surface area contributed by atoms with Crippen molar-refractivity contribution in [1.82, 2.24) is 14.7 Å². The third-order valence-corrected chi connectivity index (χ3v) is 5.62. The van der Waals surface area contributed by atoms with E-state index in [-0.39, 0.29) is 10.7 Å². The Hall–Kier alpha value is -3.50. The van der Waals surface area contributed by atoms with Crippen molar-refractivity contribution in [2.75, 3.05) is 0 Å². The van der Waals surface area contributed by atoms with E-state index in [0.29, 0.717) is 17.8 Å². The molecule has 10 heteroatoms. The molecule has 0 saturated heterocycles. The molecular formula is C20H21N5O4S. The molecule has 1 aromatic heterocycles. The van der Waals surface area contributed by atoms with Gasteiger partial charge in [-0.25, -0.2) is 22.9 Å². The van der Waals surface area contributed by atoms with Crippen LogP contribution in [0.5, 0.6) is 0 Å². The second kappa shape index (κ2) is 9.33. The number of carbonyl (C=O) groups is 1. The molecule has 0 unspecified atom stereocenters. The Morgan fingerprint density at radius 2 is 2.00 bits per heavy atom. The SMILES string of the molecule is CC(=O)ON=C(N)c1cccc(C[C@H](NS(=O)(=O)c2ccccc2)c2ncc[nH]2)c1. The molecule has 2 aromatic carbocycles. The van der Waals surface area contributed by atoms with E-state index >= 15 is 0 Å². The van der Waals surface area contributed by atoms with Crippen molar-refractivity contribution in [3.63, 3.8) is 0 Å². The van der Waals surface area contributed by atoms with Crippen molar-refractivity contribution in [3.8, 4) is 0 Å². The topological polar surface area (TPSA) is 140 Å². The first-order chi connectivity index (χ1) is 14.3. The quantitative estimate of drug-likeness (QED) is 0.217. The standard InChI is InChI=1S/C20H21N5O4S/c1-14(26)29-24-19(21)16-7-5-6-15(12-16)13-18(20-22-10-11-23-20)25-30(27,28)17-8-3-2-4-9-17/h2-12,18,25H,13H2,1H3,(H2,21,24)(H,22,23)/t18-/m0/s1. The fourth-order valence-electron chi connectivity index (χ4n) is 2.78. The maximum atomic E-state index is 12.8. The number of nitrogens with two attached hydrogens (primary N) is 1. The maximum absolute atomic E-state index is 12.8. The van der Waals surface area contributed by atoms with E-state index < -0.39 is 22.0 Å².